The smallest absolute Gasteiger partial charge is 0.186 e. The van der Waals surface area contributed by atoms with Gasteiger partial charge in [0.05, 0.1) is 12.8 Å². The molecule has 0 unspecified atom stereocenters. The van der Waals surface area contributed by atoms with E-state index in [2.05, 4.69) is 15.4 Å². The quantitative estimate of drug-likeness (QED) is 0.532. The number of rotatable bonds is 4. The molecule has 0 aliphatic rings. The van der Waals surface area contributed by atoms with Crippen LogP contribution in [0.4, 0.5) is 5.82 Å². The van der Waals surface area contributed by atoms with Crippen LogP contribution in [0.25, 0.3) is 0 Å². The lowest BCUT2D eigenvalue weighted by atomic mass is 10.3. The van der Waals surface area contributed by atoms with Gasteiger partial charge >= 0.3 is 0 Å². The molecular weight excluding hydrogens is 184 g/mol. The van der Waals surface area contributed by atoms with E-state index < -0.39 is 0 Å². The molecule has 0 aliphatic carbocycles. The molecule has 0 fully saturated rings. The van der Waals surface area contributed by atoms with Crippen molar-refractivity contribution in [2.24, 2.45) is 5.84 Å². The molecule has 6 nitrogen and oxygen atoms in total. The average molecular weight is 198 g/mol. The first-order chi connectivity index (χ1) is 6.72. The molecule has 1 rings (SSSR count). The number of aromatic nitrogens is 2. The third kappa shape index (κ3) is 2.09. The predicted molar refractivity (Wildman–Crippen MR) is 51.8 cm³/mol. The Morgan fingerprint density at radius 1 is 1.36 bits per heavy atom. The zero-order valence-electron chi connectivity index (χ0n) is 8.50. The van der Waals surface area contributed by atoms with Crippen LogP contribution in [-0.2, 0) is 11.3 Å². The van der Waals surface area contributed by atoms with Crippen LogP contribution in [0.2, 0.25) is 0 Å². The largest absolute Gasteiger partial charge is 0.491 e. The highest BCUT2D eigenvalue weighted by atomic mass is 16.5. The first-order valence-corrected chi connectivity index (χ1v) is 4.10. The molecule has 0 aromatic carbocycles. The summed E-state index contributed by atoms with van der Waals surface area (Å²) in [6.45, 7) is 2.17. The molecule has 0 saturated carbocycles. The number of anilines is 1. The number of nitrogen functional groups attached to an aromatic ring is 1. The van der Waals surface area contributed by atoms with E-state index in [-0.39, 0.29) is 0 Å². The second kappa shape index (κ2) is 4.73. The summed E-state index contributed by atoms with van der Waals surface area (Å²) in [6.07, 6.45) is 0. The lowest BCUT2D eigenvalue weighted by Gasteiger charge is -2.10. The van der Waals surface area contributed by atoms with Crippen LogP contribution >= 0.6 is 0 Å². The standard InChI is InChI=1S/C8H14N4O2/c1-5-7(14-3)8(12-9)11-6(10-5)4-13-2/h4,9H2,1-3H3,(H,10,11,12). The number of methoxy groups -OCH3 is 2. The summed E-state index contributed by atoms with van der Waals surface area (Å²) in [4.78, 5) is 8.30. The number of nitrogens with zero attached hydrogens (tertiary/aromatic N) is 2. The van der Waals surface area contributed by atoms with Crippen LogP contribution in [0.3, 0.4) is 0 Å². The van der Waals surface area contributed by atoms with Gasteiger partial charge in [-0.15, -0.1) is 0 Å². The molecule has 3 N–H and O–H groups in total. The van der Waals surface area contributed by atoms with E-state index in [4.69, 9.17) is 15.3 Å². The summed E-state index contributed by atoms with van der Waals surface area (Å²) >= 11 is 0. The molecule has 0 saturated heterocycles. The number of hydrazine groups is 1. The zero-order chi connectivity index (χ0) is 10.6. The van der Waals surface area contributed by atoms with Gasteiger partial charge in [0.25, 0.3) is 0 Å². The Bertz CT molecular complexity index is 316. The predicted octanol–water partition coefficient (Wildman–Crippen LogP) is 0.226. The minimum Gasteiger partial charge on any atom is -0.491 e. The first kappa shape index (κ1) is 10.7. The van der Waals surface area contributed by atoms with Gasteiger partial charge in [-0.25, -0.2) is 15.8 Å². The highest BCUT2D eigenvalue weighted by Crippen LogP contribution is 2.23. The summed E-state index contributed by atoms with van der Waals surface area (Å²) in [6, 6.07) is 0. The van der Waals surface area contributed by atoms with Crippen molar-refractivity contribution in [1.29, 1.82) is 0 Å². The Hall–Kier alpha value is -1.40. The Morgan fingerprint density at radius 3 is 2.57 bits per heavy atom. The van der Waals surface area contributed by atoms with Gasteiger partial charge in [0.15, 0.2) is 17.4 Å². The minimum absolute atomic E-state index is 0.347. The summed E-state index contributed by atoms with van der Waals surface area (Å²) in [5.41, 5.74) is 3.18. The molecule has 0 radical (unpaired) electrons. The van der Waals surface area contributed by atoms with Gasteiger partial charge in [-0.05, 0) is 6.92 Å². The number of nitrogens with one attached hydrogen (secondary N) is 1. The van der Waals surface area contributed by atoms with Crippen LogP contribution in [0.15, 0.2) is 0 Å². The van der Waals surface area contributed by atoms with Gasteiger partial charge < -0.3 is 14.9 Å². The minimum atomic E-state index is 0.347. The molecule has 0 spiro atoms. The summed E-state index contributed by atoms with van der Waals surface area (Å²) in [5.74, 6) is 6.88. The van der Waals surface area contributed by atoms with Gasteiger partial charge in [-0.1, -0.05) is 0 Å². The van der Waals surface area contributed by atoms with Crippen LogP contribution < -0.4 is 16.0 Å². The van der Waals surface area contributed by atoms with E-state index in [1.807, 2.05) is 6.92 Å². The second-order valence-corrected chi connectivity index (χ2v) is 2.68. The summed E-state index contributed by atoms with van der Waals surface area (Å²) in [7, 11) is 3.13. The van der Waals surface area contributed by atoms with E-state index in [9.17, 15) is 0 Å². The molecule has 1 heterocycles. The maximum Gasteiger partial charge on any atom is 0.186 e. The Morgan fingerprint density at radius 2 is 2.07 bits per heavy atom. The molecule has 0 atom stereocenters. The van der Waals surface area contributed by atoms with Crippen molar-refractivity contribution >= 4 is 5.82 Å². The van der Waals surface area contributed by atoms with E-state index in [0.717, 1.165) is 5.69 Å². The van der Waals surface area contributed by atoms with Gasteiger partial charge in [-0.2, -0.15) is 0 Å². The number of hydrogen-bond donors (Lipinski definition) is 2. The van der Waals surface area contributed by atoms with Crippen LogP contribution in [0, 0.1) is 6.92 Å². The van der Waals surface area contributed by atoms with Gasteiger partial charge in [0.2, 0.25) is 0 Å². The number of nitrogens with two attached hydrogens (primary N) is 1. The van der Waals surface area contributed by atoms with Crippen LogP contribution in [0.1, 0.15) is 11.5 Å². The monoisotopic (exact) mass is 198 g/mol. The average Bonchev–Trinajstić information content (AvgIpc) is 2.17. The normalized spacial score (nSPS) is 10.0. The van der Waals surface area contributed by atoms with Crippen molar-refractivity contribution in [3.05, 3.63) is 11.5 Å². The SMILES string of the molecule is COCc1nc(C)c(OC)c(NN)n1. The number of aryl methyl sites for hydroxylation is 1. The van der Waals surface area contributed by atoms with Crippen molar-refractivity contribution in [2.75, 3.05) is 19.6 Å². The zero-order valence-corrected chi connectivity index (χ0v) is 8.50. The fraction of sp³-hybridized carbons (Fsp3) is 0.500. The van der Waals surface area contributed by atoms with Crippen molar-refractivity contribution < 1.29 is 9.47 Å². The molecule has 1 aromatic rings. The van der Waals surface area contributed by atoms with Crippen molar-refractivity contribution in [3.63, 3.8) is 0 Å². The lowest BCUT2D eigenvalue weighted by molar-refractivity contribution is 0.177. The molecule has 14 heavy (non-hydrogen) atoms. The van der Waals surface area contributed by atoms with Gasteiger partial charge in [0.1, 0.15) is 6.61 Å². The fourth-order valence-electron chi connectivity index (χ4n) is 1.16. The van der Waals surface area contributed by atoms with E-state index >= 15 is 0 Å². The molecule has 1 aromatic heterocycles. The molecule has 6 heteroatoms. The number of ether oxygens (including phenoxy) is 2. The molecule has 78 valence electrons. The third-order valence-electron chi connectivity index (χ3n) is 1.70. The second-order valence-electron chi connectivity index (χ2n) is 2.68. The van der Waals surface area contributed by atoms with Crippen LogP contribution in [-0.4, -0.2) is 24.2 Å². The summed E-state index contributed by atoms with van der Waals surface area (Å²) in [5, 5.41) is 0. The van der Waals surface area contributed by atoms with Crippen molar-refractivity contribution in [2.45, 2.75) is 13.5 Å². The maximum atomic E-state index is 5.30. The topological polar surface area (TPSA) is 82.3 Å². The van der Waals surface area contributed by atoms with E-state index in [0.29, 0.717) is 24.0 Å². The Labute approximate surface area is 82.4 Å². The first-order valence-electron chi connectivity index (χ1n) is 4.10. The molecule has 0 aliphatic heterocycles. The third-order valence-corrected chi connectivity index (χ3v) is 1.70. The fourth-order valence-corrected chi connectivity index (χ4v) is 1.16. The molecule has 0 amide bonds. The maximum absolute atomic E-state index is 5.30. The lowest BCUT2D eigenvalue weighted by Crippen LogP contribution is -2.13. The van der Waals surface area contributed by atoms with Crippen molar-refractivity contribution in [1.82, 2.24) is 9.97 Å². The van der Waals surface area contributed by atoms with Crippen molar-refractivity contribution in [3.8, 4) is 5.75 Å². The Kier molecular flexibility index (Phi) is 3.61. The molecular formula is C8H14N4O2. The molecule has 0 bridgehead atoms. The van der Waals surface area contributed by atoms with Gasteiger partial charge in [-0.3, -0.25) is 0 Å². The van der Waals surface area contributed by atoms with Crippen LogP contribution in [0.5, 0.6) is 5.75 Å². The Balaban J connectivity index is 3.10. The number of hydrogen-bond acceptors (Lipinski definition) is 6. The highest BCUT2D eigenvalue weighted by Gasteiger charge is 2.10. The van der Waals surface area contributed by atoms with E-state index in [1.54, 1.807) is 14.2 Å². The highest BCUT2D eigenvalue weighted by molar-refractivity contribution is 5.51. The van der Waals surface area contributed by atoms with E-state index in [1.165, 1.54) is 0 Å². The van der Waals surface area contributed by atoms with Gasteiger partial charge in [0, 0.05) is 7.11 Å². The summed E-state index contributed by atoms with van der Waals surface area (Å²) < 4.78 is 10.0.